The highest BCUT2D eigenvalue weighted by Crippen LogP contribution is 2.34. The first-order valence-electron chi connectivity index (χ1n) is 9.68. The summed E-state index contributed by atoms with van der Waals surface area (Å²) in [6.07, 6.45) is 3.49. The summed E-state index contributed by atoms with van der Waals surface area (Å²) in [4.78, 5) is 30.2. The lowest BCUT2D eigenvalue weighted by atomic mass is 10.2. The number of hydrogen-bond acceptors (Lipinski definition) is 5. The van der Waals surface area contributed by atoms with Crippen LogP contribution in [0.15, 0.2) is 71.5 Å². The summed E-state index contributed by atoms with van der Waals surface area (Å²) in [7, 11) is 0. The second-order valence-corrected chi connectivity index (χ2v) is 7.87. The topological polar surface area (TPSA) is 80.8 Å². The van der Waals surface area contributed by atoms with Crippen LogP contribution in [0, 0.1) is 0 Å². The lowest BCUT2D eigenvalue weighted by Crippen LogP contribution is -2.45. The second-order valence-electron chi connectivity index (χ2n) is 6.95. The highest BCUT2D eigenvalue weighted by atomic mass is 79.9. The third-order valence-corrected chi connectivity index (χ3v) is 5.20. The van der Waals surface area contributed by atoms with Gasteiger partial charge in [-0.2, -0.15) is 0 Å². The van der Waals surface area contributed by atoms with Gasteiger partial charge in [-0.15, -0.1) is 0 Å². The number of ether oxygens (including phenoxy) is 2. The van der Waals surface area contributed by atoms with E-state index in [0.29, 0.717) is 24.6 Å². The van der Waals surface area contributed by atoms with Crippen molar-refractivity contribution < 1.29 is 19.1 Å². The summed E-state index contributed by atoms with van der Waals surface area (Å²) >= 11 is 3.38. The van der Waals surface area contributed by atoms with E-state index < -0.39 is 0 Å². The normalized spacial score (nSPS) is 12.7. The first-order chi connectivity index (χ1) is 15.1. The number of anilines is 1. The smallest absolute Gasteiger partial charge is 0.265 e. The van der Waals surface area contributed by atoms with E-state index in [2.05, 4.69) is 26.2 Å². The van der Waals surface area contributed by atoms with Crippen LogP contribution in [0.3, 0.4) is 0 Å². The molecule has 8 heteroatoms. The number of hydrogen-bond donors (Lipinski definition) is 1. The van der Waals surface area contributed by atoms with E-state index in [1.54, 1.807) is 24.5 Å². The number of pyridine rings is 1. The molecule has 0 bridgehead atoms. The number of nitrogens with one attached hydrogen (secondary N) is 1. The Bertz CT molecular complexity index is 1070. The Morgan fingerprint density at radius 3 is 2.77 bits per heavy atom. The van der Waals surface area contributed by atoms with Crippen LogP contribution in [0.5, 0.6) is 11.5 Å². The van der Waals surface area contributed by atoms with Crippen molar-refractivity contribution in [1.82, 2.24) is 10.3 Å². The molecule has 2 heterocycles. The number of benzene rings is 2. The summed E-state index contributed by atoms with van der Waals surface area (Å²) in [5, 5.41) is 2.85. The van der Waals surface area contributed by atoms with Crippen LogP contribution in [0.25, 0.3) is 0 Å². The Morgan fingerprint density at radius 2 is 2.00 bits per heavy atom. The minimum Gasteiger partial charge on any atom is -0.489 e. The van der Waals surface area contributed by atoms with Crippen LogP contribution in [0.1, 0.15) is 11.1 Å². The number of fused-ring (bicyclic) bond motifs is 1. The Morgan fingerprint density at radius 1 is 1.16 bits per heavy atom. The molecule has 0 saturated carbocycles. The van der Waals surface area contributed by atoms with Gasteiger partial charge in [0.25, 0.3) is 5.91 Å². The van der Waals surface area contributed by atoms with Crippen molar-refractivity contribution in [3.63, 3.8) is 0 Å². The third kappa shape index (κ3) is 5.40. The van der Waals surface area contributed by atoms with E-state index in [9.17, 15) is 9.59 Å². The maximum absolute atomic E-state index is 12.4. The fourth-order valence-corrected chi connectivity index (χ4v) is 3.45. The summed E-state index contributed by atoms with van der Waals surface area (Å²) in [5.74, 6) is 0.811. The molecular formula is C23H20BrN3O4. The van der Waals surface area contributed by atoms with Gasteiger partial charge in [-0.3, -0.25) is 19.5 Å². The highest BCUT2D eigenvalue weighted by Gasteiger charge is 2.27. The molecule has 1 aliphatic heterocycles. The molecule has 1 N–H and O–H groups in total. The van der Waals surface area contributed by atoms with E-state index in [1.165, 1.54) is 4.90 Å². The summed E-state index contributed by atoms with van der Waals surface area (Å²) in [5.41, 5.74) is 2.51. The summed E-state index contributed by atoms with van der Waals surface area (Å²) in [6, 6.07) is 16.7. The van der Waals surface area contributed by atoms with Gasteiger partial charge in [-0.25, -0.2) is 0 Å². The Kier molecular flexibility index (Phi) is 6.47. The van der Waals surface area contributed by atoms with Gasteiger partial charge in [-0.1, -0.05) is 34.1 Å². The molecular weight excluding hydrogens is 462 g/mol. The third-order valence-electron chi connectivity index (χ3n) is 4.71. The molecule has 4 rings (SSSR count). The molecule has 0 unspecified atom stereocenters. The molecule has 2 aromatic carbocycles. The Labute approximate surface area is 188 Å². The molecule has 0 fully saturated rings. The summed E-state index contributed by atoms with van der Waals surface area (Å²) < 4.78 is 12.0. The number of amides is 2. The Balaban J connectivity index is 1.29. The standard InChI is InChI=1S/C23H20BrN3O4/c24-18-5-8-20-21(10-18)31-15-23(29)27(20)13-22(28)26-12-16-3-6-19(7-4-16)30-14-17-2-1-9-25-11-17/h1-11H,12-15H2,(H,26,28). The molecule has 1 aliphatic rings. The van der Waals surface area contributed by atoms with Gasteiger partial charge >= 0.3 is 0 Å². The van der Waals surface area contributed by atoms with Crippen molar-refractivity contribution in [3.8, 4) is 11.5 Å². The van der Waals surface area contributed by atoms with E-state index in [4.69, 9.17) is 9.47 Å². The molecule has 0 radical (unpaired) electrons. The Hall–Kier alpha value is -3.39. The monoisotopic (exact) mass is 481 g/mol. The van der Waals surface area contributed by atoms with Crippen LogP contribution in [-0.2, 0) is 22.7 Å². The fraction of sp³-hybridized carbons (Fsp3) is 0.174. The van der Waals surface area contributed by atoms with Gasteiger partial charge in [-0.05, 0) is 42.0 Å². The largest absolute Gasteiger partial charge is 0.489 e. The quantitative estimate of drug-likeness (QED) is 0.558. The highest BCUT2D eigenvalue weighted by molar-refractivity contribution is 9.10. The molecule has 31 heavy (non-hydrogen) atoms. The molecule has 2 amide bonds. The van der Waals surface area contributed by atoms with Gasteiger partial charge < -0.3 is 14.8 Å². The average molecular weight is 482 g/mol. The SMILES string of the molecule is O=C(CN1C(=O)COc2cc(Br)ccc21)NCc1ccc(OCc2cccnc2)cc1. The molecule has 0 aliphatic carbocycles. The van der Waals surface area contributed by atoms with Gasteiger partial charge in [0.05, 0.1) is 5.69 Å². The van der Waals surface area contributed by atoms with Crippen LogP contribution in [0.2, 0.25) is 0 Å². The fourth-order valence-electron chi connectivity index (χ4n) is 3.11. The first-order valence-corrected chi connectivity index (χ1v) is 10.5. The minimum absolute atomic E-state index is 0.0663. The number of carbonyl (C=O) groups excluding carboxylic acids is 2. The number of rotatable bonds is 7. The van der Waals surface area contributed by atoms with Gasteiger partial charge in [0.2, 0.25) is 5.91 Å². The van der Waals surface area contributed by atoms with Gasteiger partial charge in [0.15, 0.2) is 6.61 Å². The predicted octanol–water partition coefficient (Wildman–Crippen LogP) is 3.46. The van der Waals surface area contributed by atoms with E-state index >= 15 is 0 Å². The van der Waals surface area contributed by atoms with Gasteiger partial charge in [0.1, 0.15) is 24.7 Å². The number of halogens is 1. The first kappa shape index (κ1) is 20.9. The van der Waals surface area contributed by atoms with E-state index in [1.807, 2.05) is 42.5 Å². The van der Waals surface area contributed by atoms with Crippen molar-refractivity contribution in [2.45, 2.75) is 13.2 Å². The molecule has 0 spiro atoms. The summed E-state index contributed by atoms with van der Waals surface area (Å²) in [6.45, 7) is 0.642. The number of carbonyl (C=O) groups is 2. The van der Waals surface area contributed by atoms with Crippen LogP contribution < -0.4 is 19.7 Å². The van der Waals surface area contributed by atoms with Gasteiger partial charge in [0, 0.05) is 29.0 Å². The number of nitrogens with zero attached hydrogens (tertiary/aromatic N) is 2. The zero-order valence-electron chi connectivity index (χ0n) is 16.6. The maximum Gasteiger partial charge on any atom is 0.265 e. The van der Waals surface area contributed by atoms with Crippen LogP contribution in [0.4, 0.5) is 5.69 Å². The van der Waals surface area contributed by atoms with Crippen molar-refractivity contribution in [2.75, 3.05) is 18.1 Å². The maximum atomic E-state index is 12.4. The van der Waals surface area contributed by atoms with Crippen molar-refractivity contribution >= 4 is 33.4 Å². The molecule has 158 valence electrons. The predicted molar refractivity (Wildman–Crippen MR) is 119 cm³/mol. The molecule has 0 saturated heterocycles. The van der Waals surface area contributed by atoms with Crippen molar-refractivity contribution in [1.29, 1.82) is 0 Å². The molecule has 3 aromatic rings. The van der Waals surface area contributed by atoms with Crippen LogP contribution in [-0.4, -0.2) is 29.9 Å². The zero-order chi connectivity index (χ0) is 21.6. The van der Waals surface area contributed by atoms with E-state index in [0.717, 1.165) is 21.3 Å². The molecule has 1 aromatic heterocycles. The van der Waals surface area contributed by atoms with Crippen molar-refractivity contribution in [2.24, 2.45) is 0 Å². The number of aromatic nitrogens is 1. The lowest BCUT2D eigenvalue weighted by Gasteiger charge is -2.29. The minimum atomic E-state index is -0.250. The van der Waals surface area contributed by atoms with E-state index in [-0.39, 0.29) is 25.0 Å². The second kappa shape index (κ2) is 9.61. The lowest BCUT2D eigenvalue weighted by molar-refractivity contribution is -0.125. The zero-order valence-corrected chi connectivity index (χ0v) is 18.2. The van der Waals surface area contributed by atoms with Crippen molar-refractivity contribution in [3.05, 3.63) is 82.6 Å². The molecule has 7 nitrogen and oxygen atoms in total. The average Bonchev–Trinajstić information content (AvgIpc) is 2.79. The molecule has 0 atom stereocenters. The van der Waals surface area contributed by atoms with Crippen LogP contribution >= 0.6 is 15.9 Å².